The van der Waals surface area contributed by atoms with Crippen molar-refractivity contribution in [3.63, 3.8) is 0 Å². The summed E-state index contributed by atoms with van der Waals surface area (Å²) in [6, 6.07) is 0. The van der Waals surface area contributed by atoms with E-state index in [1.165, 1.54) is 0 Å². The van der Waals surface area contributed by atoms with Crippen LogP contribution in [0.15, 0.2) is 0 Å². The largest absolute Gasteiger partial charge is 0.394 e. The van der Waals surface area contributed by atoms with E-state index in [0.29, 0.717) is 132 Å². The second-order valence-electron chi connectivity index (χ2n) is 12.6. The third-order valence-electron chi connectivity index (χ3n) is 6.66. The number of hydrogen-bond acceptors (Lipinski definition) is 17. The van der Waals surface area contributed by atoms with E-state index >= 15 is 0 Å². The number of rotatable bonds is 41. The normalized spacial score (nSPS) is 15.6. The minimum absolute atomic E-state index is 0.00355. The summed E-state index contributed by atoms with van der Waals surface area (Å²) < 4.78 is 70.5. The summed E-state index contributed by atoms with van der Waals surface area (Å²) in [5, 5.41) is 35.2. The van der Waals surface area contributed by atoms with Gasteiger partial charge in [0.05, 0.1) is 195 Å². The Morgan fingerprint density at radius 2 is 0.500 bits per heavy atom. The highest BCUT2D eigenvalue weighted by Crippen LogP contribution is 2.04. The molecule has 0 radical (unpaired) electrons. The summed E-state index contributed by atoms with van der Waals surface area (Å²) in [5.41, 5.74) is 0. The topological polar surface area (TPSA) is 201 Å². The van der Waals surface area contributed by atoms with Crippen LogP contribution in [0, 0.1) is 0 Å². The fourth-order valence-electron chi connectivity index (χ4n) is 3.65. The molecule has 0 aromatic carbocycles. The van der Waals surface area contributed by atoms with Crippen LogP contribution in [0.2, 0.25) is 0 Å². The Morgan fingerprint density at radius 1 is 0.296 bits per heavy atom. The van der Waals surface area contributed by atoms with Crippen LogP contribution in [0.4, 0.5) is 0 Å². The quantitative estimate of drug-likeness (QED) is 0.0635. The number of aliphatic hydroxyl groups excluding tert-OH is 4. The molecule has 0 saturated heterocycles. The molecule has 0 bridgehead atoms. The van der Waals surface area contributed by atoms with Gasteiger partial charge < -0.3 is 82.0 Å². The molecule has 0 aliphatic heterocycles. The molecule has 0 fully saturated rings. The van der Waals surface area contributed by atoms with Crippen molar-refractivity contribution in [1.29, 1.82) is 0 Å². The molecule has 0 aliphatic carbocycles. The molecule has 7 atom stereocenters. The van der Waals surface area contributed by atoms with Gasteiger partial charge in [-0.25, -0.2) is 0 Å². The molecular weight excluding hydrogens is 716 g/mol. The number of hydrogen-bond donors (Lipinski definition) is 4. The Kier molecular flexibility index (Phi) is 44.6. The van der Waals surface area contributed by atoms with E-state index in [4.69, 9.17) is 76.9 Å². The lowest BCUT2D eigenvalue weighted by Gasteiger charge is -2.22. The lowest BCUT2D eigenvalue weighted by atomic mass is 10.3. The van der Waals surface area contributed by atoms with Crippen molar-refractivity contribution in [3.8, 4) is 0 Å². The standard InChI is InChI=1S/C21H44O8.C16H34O9/c1-15(23)9-24-17(3)11-26-19(5)13-28-21(7)14-29-20(6)12-27-18(4)10-25-16(2)8-22;17-1-3-19-5-7-21-9-11-23-13-15-25-16-14-24-12-10-22-8-6-20-4-2-18/h15-23H,8-14H2,1-7H3;17-18H,1-16H2. The second-order valence-corrected chi connectivity index (χ2v) is 12.6. The second kappa shape index (κ2) is 43.4. The van der Waals surface area contributed by atoms with Gasteiger partial charge in [0, 0.05) is 0 Å². The van der Waals surface area contributed by atoms with Gasteiger partial charge in [0.2, 0.25) is 0 Å². The number of ether oxygens (including phenoxy) is 13. The van der Waals surface area contributed by atoms with Gasteiger partial charge in [-0.3, -0.25) is 0 Å². The zero-order valence-corrected chi connectivity index (χ0v) is 34.4. The van der Waals surface area contributed by atoms with E-state index in [2.05, 4.69) is 0 Å². The van der Waals surface area contributed by atoms with Crippen LogP contribution in [-0.4, -0.2) is 215 Å². The molecule has 0 saturated carbocycles. The molecule has 0 aromatic rings. The Balaban J connectivity index is 0. The van der Waals surface area contributed by atoms with Crippen LogP contribution in [0.25, 0.3) is 0 Å². The SMILES string of the molecule is CC(O)COC(C)COC(C)COC(C)COC(C)COC(C)COC(C)CO.OCCOCCOCCOCCOCCOCCOCCOCCO. The third-order valence-corrected chi connectivity index (χ3v) is 6.66. The van der Waals surface area contributed by atoms with Crippen molar-refractivity contribution >= 4 is 0 Å². The van der Waals surface area contributed by atoms with Gasteiger partial charge in [0.1, 0.15) is 0 Å². The summed E-state index contributed by atoms with van der Waals surface area (Å²) in [7, 11) is 0. The van der Waals surface area contributed by atoms with E-state index < -0.39 is 6.10 Å². The number of aliphatic hydroxyl groups is 4. The third kappa shape index (κ3) is 45.7. The Labute approximate surface area is 325 Å². The van der Waals surface area contributed by atoms with Crippen molar-refractivity contribution in [3.05, 3.63) is 0 Å². The Hall–Kier alpha value is -0.680. The molecule has 0 aromatic heterocycles. The van der Waals surface area contributed by atoms with Crippen molar-refractivity contribution in [2.24, 2.45) is 0 Å². The van der Waals surface area contributed by atoms with Gasteiger partial charge in [-0.1, -0.05) is 0 Å². The van der Waals surface area contributed by atoms with E-state index in [-0.39, 0.29) is 56.4 Å². The predicted molar refractivity (Wildman–Crippen MR) is 201 cm³/mol. The van der Waals surface area contributed by atoms with Crippen LogP contribution < -0.4 is 0 Å². The molecule has 328 valence electrons. The first-order chi connectivity index (χ1) is 26.0. The average molecular weight is 795 g/mol. The molecule has 4 N–H and O–H groups in total. The van der Waals surface area contributed by atoms with E-state index in [0.717, 1.165) is 0 Å². The van der Waals surface area contributed by atoms with Gasteiger partial charge in [-0.15, -0.1) is 0 Å². The molecule has 17 nitrogen and oxygen atoms in total. The predicted octanol–water partition coefficient (Wildman–Crippen LogP) is 0.877. The van der Waals surface area contributed by atoms with Gasteiger partial charge in [0.15, 0.2) is 0 Å². The smallest absolute Gasteiger partial charge is 0.0781 e. The molecule has 54 heavy (non-hydrogen) atoms. The maximum absolute atomic E-state index is 9.21. The molecule has 0 spiro atoms. The van der Waals surface area contributed by atoms with E-state index in [1.807, 2.05) is 41.5 Å². The zero-order valence-electron chi connectivity index (χ0n) is 34.4. The van der Waals surface area contributed by atoms with Crippen molar-refractivity contribution in [2.75, 3.05) is 152 Å². The molecule has 0 amide bonds. The van der Waals surface area contributed by atoms with Crippen LogP contribution in [0.5, 0.6) is 0 Å². The van der Waals surface area contributed by atoms with Crippen LogP contribution in [0.1, 0.15) is 48.5 Å². The van der Waals surface area contributed by atoms with Gasteiger partial charge in [-0.05, 0) is 48.5 Å². The maximum atomic E-state index is 9.21. The summed E-state index contributed by atoms with van der Waals surface area (Å²) >= 11 is 0. The minimum Gasteiger partial charge on any atom is -0.394 e. The van der Waals surface area contributed by atoms with E-state index in [1.54, 1.807) is 6.92 Å². The van der Waals surface area contributed by atoms with E-state index in [9.17, 15) is 5.11 Å². The van der Waals surface area contributed by atoms with Crippen LogP contribution in [0.3, 0.4) is 0 Å². The average Bonchev–Trinajstić information content (AvgIpc) is 3.16. The molecular formula is C37H78O17. The lowest BCUT2D eigenvalue weighted by Crippen LogP contribution is -2.30. The fraction of sp³-hybridized carbons (Fsp3) is 1.00. The van der Waals surface area contributed by atoms with Crippen LogP contribution >= 0.6 is 0 Å². The van der Waals surface area contributed by atoms with Crippen LogP contribution in [-0.2, 0) is 61.6 Å². The molecule has 0 heterocycles. The zero-order chi connectivity index (χ0) is 40.5. The van der Waals surface area contributed by atoms with Crippen molar-refractivity contribution in [2.45, 2.75) is 91.2 Å². The molecule has 0 aliphatic rings. The van der Waals surface area contributed by atoms with Gasteiger partial charge in [-0.2, -0.15) is 0 Å². The highest BCUT2D eigenvalue weighted by atomic mass is 16.6. The first kappa shape index (κ1) is 55.4. The summed E-state index contributed by atoms with van der Waals surface area (Å²) in [6.45, 7) is 22.6. The Bertz CT molecular complexity index is 689. The summed E-state index contributed by atoms with van der Waals surface area (Å²) in [6.07, 6.45) is -0.963. The first-order valence-corrected chi connectivity index (χ1v) is 19.3. The molecule has 7 unspecified atom stereocenters. The first-order valence-electron chi connectivity index (χ1n) is 19.3. The Morgan fingerprint density at radius 3 is 0.704 bits per heavy atom. The fourth-order valence-corrected chi connectivity index (χ4v) is 3.65. The minimum atomic E-state index is -0.474. The molecule has 0 rings (SSSR count). The molecule has 17 heteroatoms. The monoisotopic (exact) mass is 795 g/mol. The highest BCUT2D eigenvalue weighted by Gasteiger charge is 2.13. The van der Waals surface area contributed by atoms with Gasteiger partial charge in [0.25, 0.3) is 0 Å². The maximum Gasteiger partial charge on any atom is 0.0781 e. The van der Waals surface area contributed by atoms with Gasteiger partial charge >= 0.3 is 0 Å². The highest BCUT2D eigenvalue weighted by molar-refractivity contribution is 4.58. The lowest BCUT2D eigenvalue weighted by molar-refractivity contribution is -0.105. The summed E-state index contributed by atoms with van der Waals surface area (Å²) in [4.78, 5) is 0. The van der Waals surface area contributed by atoms with Crippen molar-refractivity contribution in [1.82, 2.24) is 0 Å². The summed E-state index contributed by atoms with van der Waals surface area (Å²) in [5.74, 6) is 0. The van der Waals surface area contributed by atoms with Crippen molar-refractivity contribution < 1.29 is 82.0 Å².